The van der Waals surface area contributed by atoms with Crippen molar-refractivity contribution in [3.8, 4) is 0 Å². The predicted molar refractivity (Wildman–Crippen MR) is 137 cm³/mol. The Morgan fingerprint density at radius 3 is 2.52 bits per heavy atom. The molecule has 5 rings (SSSR count). The first-order valence-corrected chi connectivity index (χ1v) is 11.9. The summed E-state index contributed by atoms with van der Waals surface area (Å²) in [6, 6.07) is 27.4. The van der Waals surface area contributed by atoms with E-state index < -0.39 is 5.97 Å². The van der Waals surface area contributed by atoms with Crippen LogP contribution in [-0.2, 0) is 12.3 Å². The number of nitrogens with two attached hydrogens (primary N) is 1. The number of aromatic carboxylic acids is 1. The smallest absolute Gasteiger partial charge is 0.336 e. The summed E-state index contributed by atoms with van der Waals surface area (Å²) >= 11 is 8.56. The zero-order valence-electron chi connectivity index (χ0n) is 17.7. The van der Waals surface area contributed by atoms with Gasteiger partial charge in [0.1, 0.15) is 0 Å². The largest absolute Gasteiger partial charge is 0.478 e. The number of fused-ring (bicyclic) bond motifs is 2. The summed E-state index contributed by atoms with van der Waals surface area (Å²) in [7, 11) is 0. The van der Waals surface area contributed by atoms with Gasteiger partial charge < -0.3 is 15.4 Å². The molecule has 4 aromatic carbocycles. The fourth-order valence-corrected chi connectivity index (χ4v) is 5.53. The molecule has 0 aliphatic rings. The molecule has 0 fully saturated rings. The normalized spacial score (nSPS) is 11.3. The number of nitrogens with zero attached hydrogens (tertiary/aromatic N) is 1. The summed E-state index contributed by atoms with van der Waals surface area (Å²) in [5, 5.41) is 13.6. The quantitative estimate of drug-likeness (QED) is 0.205. The number of carboxylic acid groups (broad SMARTS) is 1. The number of halogens is 1. The molecule has 5 aromatic rings. The summed E-state index contributed by atoms with van der Waals surface area (Å²) in [6.45, 7) is 0.406. The molecular weight excluding hydrogens is 452 g/mol. The third kappa shape index (κ3) is 4.17. The van der Waals surface area contributed by atoms with E-state index in [0.717, 1.165) is 27.1 Å². The Labute approximate surface area is 200 Å². The Kier molecular flexibility index (Phi) is 5.75. The van der Waals surface area contributed by atoms with Crippen molar-refractivity contribution in [2.75, 3.05) is 5.73 Å². The topological polar surface area (TPSA) is 68.2 Å². The summed E-state index contributed by atoms with van der Waals surface area (Å²) < 4.78 is 2.10. The van der Waals surface area contributed by atoms with Crippen LogP contribution in [0.1, 0.15) is 21.6 Å². The van der Waals surface area contributed by atoms with Gasteiger partial charge in [0.15, 0.2) is 0 Å². The highest BCUT2D eigenvalue weighted by molar-refractivity contribution is 7.98. The second kappa shape index (κ2) is 8.85. The van der Waals surface area contributed by atoms with Crippen LogP contribution in [0.15, 0.2) is 89.8 Å². The van der Waals surface area contributed by atoms with Crippen LogP contribution in [0.25, 0.3) is 21.7 Å². The minimum Gasteiger partial charge on any atom is -0.478 e. The maximum Gasteiger partial charge on any atom is 0.336 e. The highest BCUT2D eigenvalue weighted by Crippen LogP contribution is 2.37. The van der Waals surface area contributed by atoms with Gasteiger partial charge >= 0.3 is 5.97 Å². The van der Waals surface area contributed by atoms with Gasteiger partial charge in [-0.15, -0.1) is 11.8 Å². The first kappa shape index (κ1) is 21.4. The first-order chi connectivity index (χ1) is 16.0. The van der Waals surface area contributed by atoms with Crippen molar-refractivity contribution in [2.45, 2.75) is 17.2 Å². The molecule has 0 aliphatic heterocycles. The lowest BCUT2D eigenvalue weighted by atomic mass is 10.1. The summed E-state index contributed by atoms with van der Waals surface area (Å²) in [6.07, 6.45) is 0. The highest BCUT2D eigenvalue weighted by atomic mass is 35.5. The second-order valence-corrected chi connectivity index (χ2v) is 9.31. The van der Waals surface area contributed by atoms with Crippen molar-refractivity contribution in [3.05, 3.63) is 107 Å². The van der Waals surface area contributed by atoms with E-state index in [1.807, 2.05) is 42.5 Å². The molecule has 0 aliphatic carbocycles. The van der Waals surface area contributed by atoms with E-state index >= 15 is 0 Å². The Balaban J connectivity index is 1.56. The van der Waals surface area contributed by atoms with Gasteiger partial charge in [-0.05, 0) is 52.7 Å². The molecule has 33 heavy (non-hydrogen) atoms. The predicted octanol–water partition coefficient (Wildman–Crippen LogP) is 7.07. The van der Waals surface area contributed by atoms with Gasteiger partial charge in [0.2, 0.25) is 0 Å². The monoisotopic (exact) mass is 472 g/mol. The summed E-state index contributed by atoms with van der Waals surface area (Å²) in [4.78, 5) is 12.9. The number of hydrogen-bond acceptors (Lipinski definition) is 3. The van der Waals surface area contributed by atoms with Crippen molar-refractivity contribution in [1.82, 2.24) is 4.57 Å². The van der Waals surface area contributed by atoms with Crippen LogP contribution in [0, 0.1) is 0 Å². The van der Waals surface area contributed by atoms with Crippen molar-refractivity contribution in [2.24, 2.45) is 0 Å². The Morgan fingerprint density at radius 1 is 0.939 bits per heavy atom. The third-order valence-corrected chi connectivity index (χ3v) is 7.23. The maximum absolute atomic E-state index is 11.8. The standard InChI is InChI=1S/C27H21ClN2O2S/c28-26-23-14-20(29)10-12-24(23)30(15-19-7-3-4-8-22(19)27(31)32)25(26)16-33-21-11-9-17-5-1-2-6-18(17)13-21/h1-14H,15-16,29H2,(H,31,32). The van der Waals surface area contributed by atoms with E-state index in [9.17, 15) is 9.90 Å². The SMILES string of the molecule is Nc1ccc2c(c1)c(Cl)c(CSc1ccc3ccccc3c1)n2Cc1ccccc1C(=O)O. The minimum absolute atomic E-state index is 0.291. The molecule has 4 nitrogen and oxygen atoms in total. The third-order valence-electron chi connectivity index (χ3n) is 5.80. The Bertz CT molecular complexity index is 1510. The molecule has 6 heteroatoms. The number of aromatic nitrogens is 1. The lowest BCUT2D eigenvalue weighted by molar-refractivity contribution is 0.0695. The number of benzene rings is 4. The molecule has 0 saturated carbocycles. The van der Waals surface area contributed by atoms with Crippen LogP contribution in [0.4, 0.5) is 5.69 Å². The summed E-state index contributed by atoms with van der Waals surface area (Å²) in [5.74, 6) is -0.300. The number of rotatable bonds is 6. The van der Waals surface area contributed by atoms with E-state index in [2.05, 4.69) is 34.9 Å². The van der Waals surface area contributed by atoms with Crippen LogP contribution in [0.5, 0.6) is 0 Å². The molecule has 0 bridgehead atoms. The molecule has 0 radical (unpaired) electrons. The van der Waals surface area contributed by atoms with Gasteiger partial charge in [-0.25, -0.2) is 4.79 Å². The minimum atomic E-state index is -0.940. The van der Waals surface area contributed by atoms with E-state index in [1.165, 1.54) is 10.8 Å². The van der Waals surface area contributed by atoms with Gasteiger partial charge in [-0.1, -0.05) is 60.1 Å². The van der Waals surface area contributed by atoms with Crippen LogP contribution in [0.3, 0.4) is 0 Å². The summed E-state index contributed by atoms with van der Waals surface area (Å²) in [5.41, 5.74) is 9.57. The van der Waals surface area contributed by atoms with Gasteiger partial charge in [-0.2, -0.15) is 0 Å². The number of thioether (sulfide) groups is 1. The van der Waals surface area contributed by atoms with Crippen molar-refractivity contribution >= 4 is 56.7 Å². The number of carboxylic acids is 1. The fourth-order valence-electron chi connectivity index (χ4n) is 4.15. The number of nitrogen functional groups attached to an aromatic ring is 1. The van der Waals surface area contributed by atoms with Crippen LogP contribution < -0.4 is 5.73 Å². The zero-order valence-corrected chi connectivity index (χ0v) is 19.2. The fraction of sp³-hybridized carbons (Fsp3) is 0.0741. The van der Waals surface area contributed by atoms with Crippen LogP contribution in [-0.4, -0.2) is 15.6 Å². The Morgan fingerprint density at radius 2 is 1.70 bits per heavy atom. The van der Waals surface area contributed by atoms with E-state index in [1.54, 1.807) is 23.9 Å². The van der Waals surface area contributed by atoms with Gasteiger partial charge in [0.25, 0.3) is 0 Å². The molecule has 164 valence electrons. The van der Waals surface area contributed by atoms with Crippen molar-refractivity contribution in [3.63, 3.8) is 0 Å². The zero-order chi connectivity index (χ0) is 22.9. The molecule has 0 spiro atoms. The average molecular weight is 473 g/mol. The van der Waals surface area contributed by atoms with Crippen LogP contribution in [0.2, 0.25) is 5.02 Å². The molecule has 3 N–H and O–H groups in total. The molecule has 0 unspecified atom stereocenters. The highest BCUT2D eigenvalue weighted by Gasteiger charge is 2.19. The van der Waals surface area contributed by atoms with Crippen molar-refractivity contribution < 1.29 is 9.90 Å². The van der Waals surface area contributed by atoms with Crippen molar-refractivity contribution in [1.29, 1.82) is 0 Å². The molecular formula is C27H21ClN2O2S. The molecule has 0 amide bonds. The van der Waals surface area contributed by atoms with Gasteiger partial charge in [0.05, 0.1) is 16.1 Å². The second-order valence-electron chi connectivity index (χ2n) is 7.88. The Hall–Kier alpha value is -3.41. The average Bonchev–Trinajstić information content (AvgIpc) is 3.08. The molecule has 0 saturated heterocycles. The lowest BCUT2D eigenvalue weighted by Crippen LogP contribution is -2.09. The number of carbonyl (C=O) groups is 1. The molecule has 0 atom stereocenters. The van der Waals surface area contributed by atoms with E-state index in [4.69, 9.17) is 17.3 Å². The van der Waals surface area contributed by atoms with Gasteiger partial charge in [-0.3, -0.25) is 0 Å². The van der Waals surface area contributed by atoms with Crippen LogP contribution >= 0.6 is 23.4 Å². The molecule has 1 heterocycles. The maximum atomic E-state index is 11.8. The molecule has 1 aromatic heterocycles. The first-order valence-electron chi connectivity index (χ1n) is 10.5. The van der Waals surface area contributed by atoms with Gasteiger partial charge in [0, 0.05) is 34.0 Å². The number of anilines is 1. The van der Waals surface area contributed by atoms with E-state index in [0.29, 0.717) is 28.6 Å². The van der Waals surface area contributed by atoms with E-state index in [-0.39, 0.29) is 0 Å². The number of hydrogen-bond donors (Lipinski definition) is 2. The lowest BCUT2D eigenvalue weighted by Gasteiger charge is -2.13.